The molecule has 0 saturated heterocycles. The van der Waals surface area contributed by atoms with Gasteiger partial charge in [-0.25, -0.2) is 0 Å². The van der Waals surface area contributed by atoms with Crippen molar-refractivity contribution in [3.05, 3.63) is 58.7 Å². The summed E-state index contributed by atoms with van der Waals surface area (Å²) in [4.78, 5) is 47.0. The average molecular weight is 524 g/mol. The second-order valence-electron chi connectivity index (χ2n) is 8.85. The quantitative estimate of drug-likeness (QED) is 0.141. The number of anilines is 1. The molecule has 0 bridgehead atoms. The molecule has 3 amide bonds. The lowest BCUT2D eigenvalue weighted by Gasteiger charge is -2.15. The van der Waals surface area contributed by atoms with Gasteiger partial charge in [0.1, 0.15) is 5.75 Å². The highest BCUT2D eigenvalue weighted by Gasteiger charge is 2.14. The second kappa shape index (κ2) is 15.9. The number of aryl methyl sites for hydroxylation is 2. The first kappa shape index (κ1) is 30.1. The van der Waals surface area contributed by atoms with Crippen LogP contribution in [-0.2, 0) is 23.9 Å². The largest absolute Gasteiger partial charge is 0.497 e. The van der Waals surface area contributed by atoms with E-state index in [1.807, 2.05) is 32.1 Å². The Balaban J connectivity index is 2.04. The summed E-state index contributed by atoms with van der Waals surface area (Å²) in [5, 5.41) is 8.40. The number of esters is 1. The maximum Gasteiger partial charge on any atom is 0.306 e. The van der Waals surface area contributed by atoms with E-state index in [9.17, 15) is 19.2 Å². The molecule has 0 radical (unpaired) electrons. The molecule has 9 nitrogen and oxygen atoms in total. The summed E-state index contributed by atoms with van der Waals surface area (Å²) in [5.41, 5.74) is 5.25. The van der Waals surface area contributed by atoms with Gasteiger partial charge in [0, 0.05) is 30.8 Å². The summed E-state index contributed by atoms with van der Waals surface area (Å²) < 4.78 is 9.90. The number of amides is 3. The van der Waals surface area contributed by atoms with Crippen LogP contribution in [0.25, 0.3) is 11.6 Å². The third-order valence-corrected chi connectivity index (χ3v) is 6.04. The average Bonchev–Trinajstić information content (AvgIpc) is 2.91. The van der Waals surface area contributed by atoms with Crippen molar-refractivity contribution < 1.29 is 28.7 Å². The zero-order valence-corrected chi connectivity index (χ0v) is 22.5. The highest BCUT2D eigenvalue weighted by atomic mass is 16.5. The van der Waals surface area contributed by atoms with Crippen molar-refractivity contribution >= 4 is 41.5 Å². The summed E-state index contributed by atoms with van der Waals surface area (Å²) in [5.74, 6) is -0.186. The first-order valence-corrected chi connectivity index (χ1v) is 12.5. The first-order chi connectivity index (χ1) is 18.3. The Bertz CT molecular complexity index is 1160. The van der Waals surface area contributed by atoms with Crippen molar-refractivity contribution in [3.8, 4) is 5.75 Å². The molecule has 0 aliphatic heterocycles. The van der Waals surface area contributed by atoms with Crippen molar-refractivity contribution in [2.24, 2.45) is 0 Å². The van der Waals surface area contributed by atoms with Gasteiger partial charge in [0.2, 0.25) is 18.2 Å². The van der Waals surface area contributed by atoms with E-state index in [0.717, 1.165) is 16.7 Å². The lowest BCUT2D eigenvalue weighted by atomic mass is 9.96. The van der Waals surface area contributed by atoms with E-state index in [-0.39, 0.29) is 31.1 Å². The molecule has 3 N–H and O–H groups in total. The van der Waals surface area contributed by atoms with E-state index >= 15 is 0 Å². The number of carbonyl (C=O) groups excluding carboxylic acids is 4. The van der Waals surface area contributed by atoms with Gasteiger partial charge in [-0.1, -0.05) is 24.3 Å². The van der Waals surface area contributed by atoms with Crippen LogP contribution in [0.5, 0.6) is 5.75 Å². The molecule has 0 heterocycles. The molecule has 9 heteroatoms. The summed E-state index contributed by atoms with van der Waals surface area (Å²) >= 11 is 0. The van der Waals surface area contributed by atoms with E-state index in [1.165, 1.54) is 12.7 Å². The molecule has 0 fully saturated rings. The predicted octanol–water partition coefficient (Wildman–Crippen LogP) is 3.78. The number of hydrogen-bond donors (Lipinski definition) is 3. The maximum absolute atomic E-state index is 12.9. The van der Waals surface area contributed by atoms with E-state index in [0.29, 0.717) is 49.3 Å². The highest BCUT2D eigenvalue weighted by Crippen LogP contribution is 2.32. The lowest BCUT2D eigenvalue weighted by Crippen LogP contribution is -2.27. The Kier molecular flexibility index (Phi) is 12.6. The minimum Gasteiger partial charge on any atom is -0.497 e. The fourth-order valence-corrected chi connectivity index (χ4v) is 3.73. The van der Waals surface area contributed by atoms with Gasteiger partial charge in [-0.2, -0.15) is 0 Å². The van der Waals surface area contributed by atoms with E-state index < -0.39 is 5.97 Å². The molecule has 2 aromatic rings. The number of benzene rings is 2. The molecule has 0 unspecified atom stereocenters. The smallest absolute Gasteiger partial charge is 0.306 e. The first-order valence-electron chi connectivity index (χ1n) is 12.5. The normalized spacial score (nSPS) is 10.9. The summed E-state index contributed by atoms with van der Waals surface area (Å²) in [6.07, 6.45) is 4.14. The van der Waals surface area contributed by atoms with Crippen molar-refractivity contribution in [1.82, 2.24) is 10.6 Å². The van der Waals surface area contributed by atoms with E-state index in [1.54, 1.807) is 25.3 Å². The second-order valence-corrected chi connectivity index (χ2v) is 8.85. The van der Waals surface area contributed by atoms with Crippen LogP contribution in [0.2, 0.25) is 0 Å². The van der Waals surface area contributed by atoms with Crippen LogP contribution in [0, 0.1) is 13.8 Å². The SMILES string of the molecule is COC(=O)CCC(=O)NCCCCNC(=O)C/C(=C/c1ccc(C)c(C)c1)c1cc(OC)ccc1NC=O. The van der Waals surface area contributed by atoms with Gasteiger partial charge < -0.3 is 25.4 Å². The van der Waals surface area contributed by atoms with Gasteiger partial charge in [0.15, 0.2) is 0 Å². The minimum atomic E-state index is -0.420. The lowest BCUT2D eigenvalue weighted by molar-refractivity contribution is -0.142. The standard InChI is InChI=1S/C29H37N3O6/c1-20-7-8-22(15-21(20)2)16-23(25-18-24(37-3)9-10-26(25)32-19-33)17-28(35)31-14-6-5-13-30-27(34)11-12-29(36)38-4/h7-10,15-16,18-19H,5-6,11-14,17H2,1-4H3,(H,30,34)(H,31,35)(H,32,33)/b23-16-. The van der Waals surface area contributed by atoms with Crippen LogP contribution in [0.3, 0.4) is 0 Å². The Morgan fingerprint density at radius 3 is 2.21 bits per heavy atom. The van der Waals surface area contributed by atoms with Gasteiger partial charge in [0.05, 0.1) is 27.1 Å². The number of carbonyl (C=O) groups is 4. The zero-order chi connectivity index (χ0) is 27.9. The monoisotopic (exact) mass is 523 g/mol. The van der Waals surface area contributed by atoms with Crippen LogP contribution in [-0.4, -0.2) is 51.5 Å². The number of methoxy groups -OCH3 is 2. The molecule has 0 aliphatic carbocycles. The Hall–Kier alpha value is -4.14. The topological polar surface area (TPSA) is 123 Å². The van der Waals surface area contributed by atoms with Gasteiger partial charge in [-0.05, 0) is 67.2 Å². The molecule has 0 spiro atoms. The van der Waals surface area contributed by atoms with Gasteiger partial charge in [-0.3, -0.25) is 19.2 Å². The molecule has 2 rings (SSSR count). The van der Waals surface area contributed by atoms with Crippen molar-refractivity contribution in [2.75, 3.05) is 32.6 Å². The molecule has 38 heavy (non-hydrogen) atoms. The number of hydrogen-bond acceptors (Lipinski definition) is 6. The summed E-state index contributed by atoms with van der Waals surface area (Å²) in [7, 11) is 2.85. The fraction of sp³-hybridized carbons (Fsp3) is 0.379. The number of unbranched alkanes of at least 4 members (excludes halogenated alkanes) is 1. The Morgan fingerprint density at radius 2 is 1.58 bits per heavy atom. The number of rotatable bonds is 15. The maximum atomic E-state index is 12.9. The third kappa shape index (κ3) is 10.1. The van der Waals surface area contributed by atoms with Crippen molar-refractivity contribution in [2.45, 2.75) is 46.0 Å². The highest BCUT2D eigenvalue weighted by molar-refractivity contribution is 5.98. The van der Waals surface area contributed by atoms with Crippen LogP contribution in [0.4, 0.5) is 5.69 Å². The van der Waals surface area contributed by atoms with Crippen LogP contribution in [0.1, 0.15) is 54.4 Å². The van der Waals surface area contributed by atoms with Crippen molar-refractivity contribution in [1.29, 1.82) is 0 Å². The number of nitrogens with one attached hydrogen (secondary N) is 3. The fourth-order valence-electron chi connectivity index (χ4n) is 3.73. The molecule has 2 aromatic carbocycles. The van der Waals surface area contributed by atoms with Crippen LogP contribution in [0.15, 0.2) is 36.4 Å². The molecular formula is C29H37N3O6. The molecule has 204 valence electrons. The molecule has 0 saturated carbocycles. The summed E-state index contributed by atoms with van der Waals surface area (Å²) in [6.45, 7) is 4.98. The minimum absolute atomic E-state index is 0.0494. The van der Waals surface area contributed by atoms with E-state index in [4.69, 9.17) is 4.74 Å². The molecule has 0 atom stereocenters. The Labute approximate surface area is 224 Å². The zero-order valence-electron chi connectivity index (χ0n) is 22.5. The van der Waals surface area contributed by atoms with Crippen LogP contribution < -0.4 is 20.7 Å². The summed E-state index contributed by atoms with van der Waals surface area (Å²) in [6, 6.07) is 11.4. The molecule has 0 aromatic heterocycles. The van der Waals surface area contributed by atoms with Crippen LogP contribution >= 0.6 is 0 Å². The molecular weight excluding hydrogens is 486 g/mol. The number of ether oxygens (including phenoxy) is 2. The predicted molar refractivity (Wildman–Crippen MR) is 148 cm³/mol. The molecule has 0 aliphatic rings. The van der Waals surface area contributed by atoms with Gasteiger partial charge >= 0.3 is 5.97 Å². The Morgan fingerprint density at radius 1 is 0.868 bits per heavy atom. The third-order valence-electron chi connectivity index (χ3n) is 6.04. The van der Waals surface area contributed by atoms with E-state index in [2.05, 4.69) is 26.8 Å². The van der Waals surface area contributed by atoms with Gasteiger partial charge in [-0.15, -0.1) is 0 Å². The van der Waals surface area contributed by atoms with Crippen molar-refractivity contribution in [3.63, 3.8) is 0 Å². The van der Waals surface area contributed by atoms with Gasteiger partial charge in [0.25, 0.3) is 0 Å².